The third kappa shape index (κ3) is 4.13. The molecule has 0 radical (unpaired) electrons. The molecule has 106 valence electrons. The minimum atomic E-state index is -0.718. The van der Waals surface area contributed by atoms with E-state index in [1.165, 1.54) is 11.1 Å². The Balaban J connectivity index is 1.95. The van der Waals surface area contributed by atoms with Crippen molar-refractivity contribution in [1.29, 1.82) is 0 Å². The summed E-state index contributed by atoms with van der Waals surface area (Å²) in [6, 6.07) is 9.06. The van der Waals surface area contributed by atoms with E-state index in [2.05, 4.69) is 41.8 Å². The fourth-order valence-corrected chi connectivity index (χ4v) is 2.95. The number of benzene rings is 1. The van der Waals surface area contributed by atoms with Crippen LogP contribution in [-0.4, -0.2) is 28.8 Å². The summed E-state index contributed by atoms with van der Waals surface area (Å²) >= 11 is 0. The fourth-order valence-electron chi connectivity index (χ4n) is 2.50. The predicted octanol–water partition coefficient (Wildman–Crippen LogP) is 1.97. The van der Waals surface area contributed by atoms with Crippen LogP contribution in [0.3, 0.4) is 0 Å². The highest BCUT2D eigenvalue weighted by Gasteiger charge is 2.17. The Morgan fingerprint density at radius 3 is 3.05 bits per heavy atom. The van der Waals surface area contributed by atoms with Gasteiger partial charge in [0, 0.05) is 34.9 Å². The molecule has 3 unspecified atom stereocenters. The summed E-state index contributed by atoms with van der Waals surface area (Å²) in [6.07, 6.45) is 3.87. The summed E-state index contributed by atoms with van der Waals surface area (Å²) in [6.45, 7) is 4.99. The Hall–Kier alpha value is -0.710. The van der Waals surface area contributed by atoms with Gasteiger partial charge in [-0.15, -0.1) is 0 Å². The second kappa shape index (κ2) is 7.17. The van der Waals surface area contributed by atoms with Crippen LogP contribution in [0.1, 0.15) is 36.9 Å². The summed E-state index contributed by atoms with van der Waals surface area (Å²) in [5, 5.41) is 7.36. The van der Waals surface area contributed by atoms with Crippen molar-refractivity contribution in [2.45, 2.75) is 37.6 Å². The van der Waals surface area contributed by atoms with Gasteiger partial charge in [0.2, 0.25) is 0 Å². The van der Waals surface area contributed by atoms with Crippen molar-refractivity contribution >= 4 is 10.8 Å². The molecule has 0 saturated heterocycles. The van der Waals surface area contributed by atoms with Crippen LogP contribution >= 0.6 is 0 Å². The Kier molecular flexibility index (Phi) is 5.55. The van der Waals surface area contributed by atoms with E-state index in [1.807, 2.05) is 0 Å². The first-order valence-electron chi connectivity index (χ1n) is 7.02. The molecule has 0 amide bonds. The number of rotatable bonds is 5. The first-order chi connectivity index (χ1) is 9.18. The van der Waals surface area contributed by atoms with Gasteiger partial charge in [-0.25, -0.2) is 0 Å². The minimum Gasteiger partial charge on any atom is -0.313 e. The molecule has 1 aromatic carbocycles. The molecular formula is C15H24N2OS. The normalized spacial score (nSPS) is 22.3. The molecule has 3 atom stereocenters. The lowest BCUT2D eigenvalue weighted by atomic mass is 9.99. The van der Waals surface area contributed by atoms with Crippen molar-refractivity contribution in [3.8, 4) is 0 Å². The van der Waals surface area contributed by atoms with Gasteiger partial charge >= 0.3 is 0 Å². The van der Waals surface area contributed by atoms with Gasteiger partial charge in [-0.1, -0.05) is 31.2 Å². The van der Waals surface area contributed by atoms with Crippen molar-refractivity contribution in [3.05, 3.63) is 35.4 Å². The zero-order valence-corrected chi connectivity index (χ0v) is 12.6. The highest BCUT2D eigenvalue weighted by Crippen LogP contribution is 2.23. The molecule has 19 heavy (non-hydrogen) atoms. The highest BCUT2D eigenvalue weighted by atomic mass is 32.2. The smallest absolute Gasteiger partial charge is 0.0335 e. The van der Waals surface area contributed by atoms with Crippen LogP contribution in [0.25, 0.3) is 0 Å². The van der Waals surface area contributed by atoms with E-state index in [0.29, 0.717) is 6.04 Å². The van der Waals surface area contributed by atoms with Crippen molar-refractivity contribution in [1.82, 2.24) is 10.6 Å². The quantitative estimate of drug-likeness (QED) is 0.866. The van der Waals surface area contributed by atoms with Gasteiger partial charge in [0.1, 0.15) is 0 Å². The molecule has 1 aliphatic heterocycles. The largest absolute Gasteiger partial charge is 0.313 e. The van der Waals surface area contributed by atoms with Crippen LogP contribution < -0.4 is 10.6 Å². The standard InChI is InChI=1S/C15H24N2OS/c1-12(19(2)18)7-10-17-15-8-9-16-11-13-5-3-4-6-14(13)15/h3-6,12,15-17H,7-11H2,1-2H3. The summed E-state index contributed by atoms with van der Waals surface area (Å²) < 4.78 is 11.4. The van der Waals surface area contributed by atoms with Crippen molar-refractivity contribution < 1.29 is 4.21 Å². The lowest BCUT2D eigenvalue weighted by Gasteiger charge is -2.20. The maximum absolute atomic E-state index is 11.4. The zero-order valence-electron chi connectivity index (χ0n) is 11.8. The van der Waals surface area contributed by atoms with Crippen LogP contribution in [0, 0.1) is 0 Å². The number of nitrogens with one attached hydrogen (secondary N) is 2. The molecule has 1 heterocycles. The Morgan fingerprint density at radius 1 is 1.47 bits per heavy atom. The molecule has 1 aliphatic rings. The van der Waals surface area contributed by atoms with E-state index in [0.717, 1.165) is 32.5 Å². The third-order valence-electron chi connectivity index (χ3n) is 3.86. The molecule has 0 aromatic heterocycles. The summed E-state index contributed by atoms with van der Waals surface area (Å²) in [5.41, 5.74) is 2.81. The van der Waals surface area contributed by atoms with E-state index in [1.54, 1.807) is 6.26 Å². The molecule has 0 saturated carbocycles. The molecule has 2 rings (SSSR count). The second-order valence-electron chi connectivity index (χ2n) is 5.27. The van der Waals surface area contributed by atoms with Crippen LogP contribution in [-0.2, 0) is 17.3 Å². The van der Waals surface area contributed by atoms with E-state index in [4.69, 9.17) is 0 Å². The molecular weight excluding hydrogens is 256 g/mol. The van der Waals surface area contributed by atoms with Crippen LogP contribution in [0.2, 0.25) is 0 Å². The number of fused-ring (bicyclic) bond motifs is 1. The van der Waals surface area contributed by atoms with Crippen LogP contribution in [0.4, 0.5) is 0 Å². The van der Waals surface area contributed by atoms with E-state index < -0.39 is 10.8 Å². The topological polar surface area (TPSA) is 41.1 Å². The average molecular weight is 280 g/mol. The molecule has 0 aliphatic carbocycles. The Labute approximate surface area is 118 Å². The second-order valence-corrected chi connectivity index (χ2v) is 7.07. The summed E-state index contributed by atoms with van der Waals surface area (Å²) in [4.78, 5) is 0. The lowest BCUT2D eigenvalue weighted by molar-refractivity contribution is 0.488. The molecule has 2 N–H and O–H groups in total. The minimum absolute atomic E-state index is 0.270. The van der Waals surface area contributed by atoms with Gasteiger partial charge in [0.15, 0.2) is 0 Å². The molecule has 0 fully saturated rings. The van der Waals surface area contributed by atoms with Crippen LogP contribution in [0.15, 0.2) is 24.3 Å². The predicted molar refractivity (Wildman–Crippen MR) is 81.7 cm³/mol. The fraction of sp³-hybridized carbons (Fsp3) is 0.600. The Morgan fingerprint density at radius 2 is 2.26 bits per heavy atom. The first-order valence-corrected chi connectivity index (χ1v) is 8.64. The number of hydrogen-bond acceptors (Lipinski definition) is 3. The lowest BCUT2D eigenvalue weighted by Crippen LogP contribution is -2.27. The SMILES string of the molecule is CC(CCNC1CCNCc2ccccc21)S(C)=O. The average Bonchev–Trinajstić information content (AvgIpc) is 2.61. The highest BCUT2D eigenvalue weighted by molar-refractivity contribution is 7.84. The van der Waals surface area contributed by atoms with Gasteiger partial charge in [-0.2, -0.15) is 0 Å². The summed E-state index contributed by atoms with van der Waals surface area (Å²) in [5.74, 6) is 0. The molecule has 0 bridgehead atoms. The maximum atomic E-state index is 11.4. The maximum Gasteiger partial charge on any atom is 0.0335 e. The summed E-state index contributed by atoms with van der Waals surface area (Å²) in [7, 11) is -0.718. The van der Waals surface area contributed by atoms with Gasteiger partial charge < -0.3 is 10.6 Å². The van der Waals surface area contributed by atoms with Crippen LogP contribution in [0.5, 0.6) is 0 Å². The number of hydrogen-bond donors (Lipinski definition) is 2. The van der Waals surface area contributed by atoms with Gasteiger partial charge in [0.05, 0.1) is 0 Å². The van der Waals surface area contributed by atoms with Gasteiger partial charge in [-0.3, -0.25) is 4.21 Å². The third-order valence-corrected chi connectivity index (χ3v) is 5.23. The zero-order chi connectivity index (χ0) is 13.7. The molecule has 4 heteroatoms. The van der Waals surface area contributed by atoms with Gasteiger partial charge in [-0.05, 0) is 37.1 Å². The first kappa shape index (κ1) is 14.7. The van der Waals surface area contributed by atoms with E-state index in [-0.39, 0.29) is 5.25 Å². The van der Waals surface area contributed by atoms with E-state index >= 15 is 0 Å². The molecule has 3 nitrogen and oxygen atoms in total. The van der Waals surface area contributed by atoms with Crippen molar-refractivity contribution in [2.75, 3.05) is 19.3 Å². The van der Waals surface area contributed by atoms with Crippen molar-refractivity contribution in [3.63, 3.8) is 0 Å². The van der Waals surface area contributed by atoms with Gasteiger partial charge in [0.25, 0.3) is 0 Å². The monoisotopic (exact) mass is 280 g/mol. The molecule has 1 aromatic rings. The molecule has 0 spiro atoms. The van der Waals surface area contributed by atoms with E-state index in [9.17, 15) is 4.21 Å². The van der Waals surface area contributed by atoms with Crippen molar-refractivity contribution in [2.24, 2.45) is 0 Å². The Bertz CT molecular complexity index is 436.